The molecule has 4 aliphatic rings. The molecule has 4 fully saturated rings. The zero-order valence-electron chi connectivity index (χ0n) is 15.7. The van der Waals surface area contributed by atoms with Gasteiger partial charge in [0, 0.05) is 31.6 Å². The average molecular weight is 348 g/mol. The number of hydrogen-bond acceptors (Lipinski definition) is 3. The van der Waals surface area contributed by atoms with Crippen LogP contribution < -0.4 is 0 Å². The summed E-state index contributed by atoms with van der Waals surface area (Å²) < 4.78 is 0. The molecule has 5 heteroatoms. The third-order valence-corrected chi connectivity index (χ3v) is 7.17. The van der Waals surface area contributed by atoms with Gasteiger partial charge in [0.25, 0.3) is 0 Å². The van der Waals surface area contributed by atoms with E-state index in [1.165, 1.54) is 45.2 Å². The van der Waals surface area contributed by atoms with Gasteiger partial charge in [-0.05, 0) is 70.9 Å². The zero-order valence-corrected chi connectivity index (χ0v) is 15.7. The van der Waals surface area contributed by atoms with E-state index in [0.717, 1.165) is 32.4 Å². The first kappa shape index (κ1) is 17.3. The van der Waals surface area contributed by atoms with Gasteiger partial charge in [-0.2, -0.15) is 0 Å². The van der Waals surface area contributed by atoms with Crippen molar-refractivity contribution in [3.63, 3.8) is 0 Å². The molecular formula is C20H33N3O2. The number of hydrogen-bond donors (Lipinski definition) is 0. The van der Waals surface area contributed by atoms with Gasteiger partial charge in [0.15, 0.2) is 0 Å². The molecule has 4 heterocycles. The molecule has 0 bridgehead atoms. The number of piperazine rings is 1. The Hall–Kier alpha value is -1.10. The number of piperidine rings is 2. The molecule has 4 rings (SSSR count). The highest BCUT2D eigenvalue weighted by Gasteiger charge is 2.42. The summed E-state index contributed by atoms with van der Waals surface area (Å²) in [6, 6.07) is 0.719. The van der Waals surface area contributed by atoms with Crippen LogP contribution in [0.3, 0.4) is 0 Å². The Morgan fingerprint density at radius 3 is 2.72 bits per heavy atom. The summed E-state index contributed by atoms with van der Waals surface area (Å²) >= 11 is 0. The monoisotopic (exact) mass is 347 g/mol. The maximum atomic E-state index is 12.9. The summed E-state index contributed by atoms with van der Waals surface area (Å²) in [5, 5.41) is 0. The highest BCUT2D eigenvalue weighted by Crippen LogP contribution is 2.34. The molecule has 0 aromatic rings. The Morgan fingerprint density at radius 1 is 1.04 bits per heavy atom. The van der Waals surface area contributed by atoms with Crippen molar-refractivity contribution < 1.29 is 9.59 Å². The molecule has 25 heavy (non-hydrogen) atoms. The van der Waals surface area contributed by atoms with E-state index in [9.17, 15) is 9.59 Å². The first-order valence-electron chi connectivity index (χ1n) is 10.5. The number of fused-ring (bicyclic) bond motifs is 2. The Morgan fingerprint density at radius 2 is 1.84 bits per heavy atom. The molecule has 0 unspecified atom stereocenters. The van der Waals surface area contributed by atoms with Crippen LogP contribution in [-0.2, 0) is 9.59 Å². The Bertz CT molecular complexity index is 521. The smallest absolute Gasteiger partial charge is 0.245 e. The largest absolute Gasteiger partial charge is 0.336 e. The minimum atomic E-state index is -0.264. The van der Waals surface area contributed by atoms with Crippen LogP contribution in [0.1, 0.15) is 64.7 Å². The van der Waals surface area contributed by atoms with Crippen molar-refractivity contribution in [3.05, 3.63) is 0 Å². The van der Waals surface area contributed by atoms with Crippen molar-refractivity contribution >= 4 is 11.8 Å². The van der Waals surface area contributed by atoms with Gasteiger partial charge in [-0.1, -0.05) is 6.42 Å². The predicted octanol–water partition coefficient (Wildman–Crippen LogP) is 2.25. The topological polar surface area (TPSA) is 43.9 Å². The maximum Gasteiger partial charge on any atom is 0.245 e. The molecule has 140 valence electrons. The summed E-state index contributed by atoms with van der Waals surface area (Å²) in [4.78, 5) is 32.0. The molecule has 5 nitrogen and oxygen atoms in total. The number of rotatable bonds is 3. The lowest BCUT2D eigenvalue weighted by atomic mass is 9.81. The fourth-order valence-electron chi connectivity index (χ4n) is 5.76. The van der Waals surface area contributed by atoms with E-state index < -0.39 is 0 Å². The SMILES string of the molecule is C[C@H]1C(=O)N2CCC[C@@H]2CN1C(=O)CC[C@@H]1CCCN2CCCC[C@H]12. The van der Waals surface area contributed by atoms with Crippen molar-refractivity contribution in [2.75, 3.05) is 26.2 Å². The molecule has 0 aromatic heterocycles. The Kier molecular flexibility index (Phi) is 5.03. The van der Waals surface area contributed by atoms with Gasteiger partial charge >= 0.3 is 0 Å². The molecule has 0 radical (unpaired) electrons. The summed E-state index contributed by atoms with van der Waals surface area (Å²) in [6.07, 6.45) is 10.3. The average Bonchev–Trinajstić information content (AvgIpc) is 3.11. The van der Waals surface area contributed by atoms with Crippen LogP contribution in [0.4, 0.5) is 0 Å². The van der Waals surface area contributed by atoms with E-state index in [1.807, 2.05) is 16.7 Å². The second-order valence-electron chi connectivity index (χ2n) is 8.59. The second-order valence-corrected chi connectivity index (χ2v) is 8.59. The van der Waals surface area contributed by atoms with Crippen LogP contribution in [0.2, 0.25) is 0 Å². The van der Waals surface area contributed by atoms with Gasteiger partial charge in [-0.15, -0.1) is 0 Å². The quantitative estimate of drug-likeness (QED) is 0.786. The van der Waals surface area contributed by atoms with E-state index in [-0.39, 0.29) is 23.9 Å². The van der Waals surface area contributed by atoms with Crippen molar-refractivity contribution in [1.82, 2.24) is 14.7 Å². The molecule has 0 N–H and O–H groups in total. The van der Waals surface area contributed by atoms with Gasteiger partial charge in [0.1, 0.15) is 6.04 Å². The molecule has 0 aliphatic carbocycles. The normalized spacial score (nSPS) is 36.3. The van der Waals surface area contributed by atoms with Crippen LogP contribution in [0.25, 0.3) is 0 Å². The fourth-order valence-corrected chi connectivity index (χ4v) is 5.76. The van der Waals surface area contributed by atoms with E-state index in [1.54, 1.807) is 0 Å². The predicted molar refractivity (Wildman–Crippen MR) is 97.1 cm³/mol. The van der Waals surface area contributed by atoms with Crippen LogP contribution in [0, 0.1) is 5.92 Å². The van der Waals surface area contributed by atoms with E-state index in [2.05, 4.69) is 4.90 Å². The van der Waals surface area contributed by atoms with Gasteiger partial charge in [-0.3, -0.25) is 9.59 Å². The molecule has 0 saturated carbocycles. The second kappa shape index (κ2) is 7.26. The third kappa shape index (κ3) is 3.32. The minimum absolute atomic E-state index is 0.165. The molecule has 0 spiro atoms. The van der Waals surface area contributed by atoms with Crippen LogP contribution in [0.5, 0.6) is 0 Å². The molecule has 2 amide bonds. The number of carbonyl (C=O) groups is 2. The Labute approximate surface area is 151 Å². The minimum Gasteiger partial charge on any atom is -0.336 e. The standard InChI is InChI=1S/C20H33N3O2/c1-15-20(25)22-13-5-7-17(22)14-23(15)19(24)10-9-16-6-4-12-21-11-3-2-8-18(16)21/h15-18H,2-14H2,1H3/t15-,16-,17+,18+/m0/s1. The van der Waals surface area contributed by atoms with Gasteiger partial charge in [0.05, 0.1) is 0 Å². The highest BCUT2D eigenvalue weighted by molar-refractivity contribution is 5.89. The van der Waals surface area contributed by atoms with Crippen LogP contribution in [0.15, 0.2) is 0 Å². The van der Waals surface area contributed by atoms with E-state index in [0.29, 0.717) is 18.4 Å². The van der Waals surface area contributed by atoms with Gasteiger partial charge in [0.2, 0.25) is 11.8 Å². The number of carbonyl (C=O) groups excluding carboxylic acids is 2. The lowest BCUT2D eigenvalue weighted by molar-refractivity contribution is -0.152. The van der Waals surface area contributed by atoms with Gasteiger partial charge in [-0.25, -0.2) is 0 Å². The van der Waals surface area contributed by atoms with Gasteiger partial charge < -0.3 is 14.7 Å². The lowest BCUT2D eigenvalue weighted by Gasteiger charge is -2.45. The summed E-state index contributed by atoms with van der Waals surface area (Å²) in [5.74, 6) is 1.05. The summed E-state index contributed by atoms with van der Waals surface area (Å²) in [7, 11) is 0. The molecular weight excluding hydrogens is 314 g/mol. The summed E-state index contributed by atoms with van der Waals surface area (Å²) in [6.45, 7) is 6.06. The third-order valence-electron chi connectivity index (χ3n) is 7.17. The zero-order chi connectivity index (χ0) is 17.4. The van der Waals surface area contributed by atoms with Crippen LogP contribution >= 0.6 is 0 Å². The van der Waals surface area contributed by atoms with Crippen molar-refractivity contribution in [1.29, 1.82) is 0 Å². The lowest BCUT2D eigenvalue weighted by Crippen LogP contribution is -2.60. The summed E-state index contributed by atoms with van der Waals surface area (Å²) in [5.41, 5.74) is 0. The maximum absolute atomic E-state index is 12.9. The van der Waals surface area contributed by atoms with E-state index >= 15 is 0 Å². The van der Waals surface area contributed by atoms with Crippen molar-refractivity contribution in [2.24, 2.45) is 5.92 Å². The Balaban J connectivity index is 1.34. The fraction of sp³-hybridized carbons (Fsp3) is 0.900. The molecule has 4 aliphatic heterocycles. The first-order valence-corrected chi connectivity index (χ1v) is 10.5. The molecule has 0 aromatic carbocycles. The first-order chi connectivity index (χ1) is 12.1. The van der Waals surface area contributed by atoms with Crippen LogP contribution in [-0.4, -0.2) is 70.8 Å². The number of amides is 2. The number of nitrogens with zero attached hydrogens (tertiary/aromatic N) is 3. The molecule has 4 saturated heterocycles. The van der Waals surface area contributed by atoms with E-state index in [4.69, 9.17) is 0 Å². The highest BCUT2D eigenvalue weighted by atomic mass is 16.2. The molecule has 4 atom stereocenters. The van der Waals surface area contributed by atoms with Crippen molar-refractivity contribution in [3.8, 4) is 0 Å². The van der Waals surface area contributed by atoms with Crippen molar-refractivity contribution in [2.45, 2.75) is 82.8 Å².